The van der Waals surface area contributed by atoms with Crippen LogP contribution in [0.1, 0.15) is 170 Å². The summed E-state index contributed by atoms with van der Waals surface area (Å²) in [4.78, 5) is 20.7. The van der Waals surface area contributed by atoms with Crippen molar-refractivity contribution in [1.82, 2.24) is 0 Å². The predicted molar refractivity (Wildman–Crippen MR) is 186 cm³/mol. The van der Waals surface area contributed by atoms with E-state index in [2.05, 4.69) is 48.5 Å². The fourth-order valence-electron chi connectivity index (χ4n) is 4.78. The van der Waals surface area contributed by atoms with E-state index >= 15 is 0 Å². The molecular formula is C36H72O4Sn2. The summed E-state index contributed by atoms with van der Waals surface area (Å²) in [6.07, 6.45) is 24.7. The molecule has 0 aromatic carbocycles. The van der Waals surface area contributed by atoms with Gasteiger partial charge in [0, 0.05) is 0 Å². The van der Waals surface area contributed by atoms with E-state index < -0.39 is 51.5 Å². The Balaban J connectivity index is -0.000000548. The number of hydrogen-bond acceptors (Lipinski definition) is 4. The second kappa shape index (κ2) is 39.3. The van der Waals surface area contributed by atoms with E-state index in [0.717, 1.165) is 25.7 Å². The Bertz CT molecular complexity index is 533. The van der Waals surface area contributed by atoms with Gasteiger partial charge in [-0.15, -0.1) is 0 Å². The Hall–Kier alpha value is 0.277. The number of carbonyl (C=O) groups is 2. The molecule has 0 heterocycles. The molecule has 4 nitrogen and oxygen atoms in total. The molecule has 0 N–H and O–H groups in total. The molecule has 0 unspecified atom stereocenters. The van der Waals surface area contributed by atoms with Gasteiger partial charge in [0.25, 0.3) is 0 Å². The van der Waals surface area contributed by atoms with Gasteiger partial charge >= 0.3 is 185 Å². The zero-order valence-corrected chi connectivity index (χ0v) is 35.1. The fraction of sp³-hybridized carbons (Fsp3) is 0.889. The Labute approximate surface area is 278 Å². The molecule has 0 aliphatic rings. The Morgan fingerprint density at radius 2 is 0.738 bits per heavy atom. The van der Waals surface area contributed by atoms with Gasteiger partial charge in [-0.05, 0) is 24.5 Å². The van der Waals surface area contributed by atoms with Gasteiger partial charge in [0.2, 0.25) is 0 Å². The van der Waals surface area contributed by atoms with Crippen LogP contribution in [0.4, 0.5) is 0 Å². The second-order valence-electron chi connectivity index (χ2n) is 11.9. The fourth-order valence-corrected chi connectivity index (χ4v) is 23.7. The van der Waals surface area contributed by atoms with Gasteiger partial charge in [0.05, 0.1) is 11.9 Å². The standard InChI is InChI=1S/C12H20O4.6C4H9.2Sn/c1-2-3-4-5-6-7-8-10(12(15)16)9-11(13)14;6*1-3-4-2;;/h9H,2-8H2,1H3,(H,13,14)(H,15,16);6*1,3-4H2,2H3;;/q;;;;;;;2*+1/p-2/b10-9-;;;;;;;;. The topological polar surface area (TPSA) is 80.3 Å². The van der Waals surface area contributed by atoms with Crippen molar-refractivity contribution in [3.63, 3.8) is 0 Å². The van der Waals surface area contributed by atoms with Crippen LogP contribution in [0, 0.1) is 0 Å². The first kappa shape index (κ1) is 46.7. The molecule has 0 aromatic heterocycles. The number of carbonyl (C=O) groups excluding carboxylic acids is 2. The van der Waals surface area contributed by atoms with Gasteiger partial charge in [0.15, 0.2) is 0 Å². The molecule has 0 aromatic rings. The molecule has 248 valence electrons. The third-order valence-electron chi connectivity index (χ3n) is 7.66. The summed E-state index contributed by atoms with van der Waals surface area (Å²) < 4.78 is 10.1. The molecule has 42 heavy (non-hydrogen) atoms. The maximum atomic E-state index is 10.5. The average Bonchev–Trinajstić information content (AvgIpc) is 2.98. The minimum atomic E-state index is -1.48. The van der Waals surface area contributed by atoms with E-state index in [9.17, 15) is 19.8 Å². The number of carboxylic acids is 2. The van der Waals surface area contributed by atoms with Crippen molar-refractivity contribution in [2.24, 2.45) is 0 Å². The molecule has 0 saturated carbocycles. The Morgan fingerprint density at radius 3 is 1.00 bits per heavy atom. The van der Waals surface area contributed by atoms with E-state index in [-0.39, 0.29) is 12.0 Å². The molecule has 0 rings (SSSR count). The summed E-state index contributed by atoms with van der Waals surface area (Å²) in [5.74, 6) is -2.90. The van der Waals surface area contributed by atoms with Crippen LogP contribution in [0.15, 0.2) is 11.6 Å². The first-order valence-electron chi connectivity index (χ1n) is 18.1. The van der Waals surface area contributed by atoms with Gasteiger partial charge in [-0.3, -0.25) is 0 Å². The zero-order valence-electron chi connectivity index (χ0n) is 29.4. The zero-order chi connectivity index (χ0) is 32.3. The normalized spacial score (nSPS) is 10.8. The first-order valence-corrected chi connectivity index (χ1v) is 30.2. The molecular weight excluding hydrogens is 734 g/mol. The van der Waals surface area contributed by atoms with Crippen LogP contribution in [-0.4, -0.2) is 51.5 Å². The third-order valence-corrected chi connectivity index (χ3v) is 25.8. The summed E-state index contributed by atoms with van der Waals surface area (Å²) in [6.45, 7) is 16.1. The quantitative estimate of drug-likeness (QED) is 0.0471. The summed E-state index contributed by atoms with van der Waals surface area (Å²) in [7, 11) is 0. The van der Waals surface area contributed by atoms with Crippen LogP contribution in [0.25, 0.3) is 0 Å². The molecule has 0 aliphatic heterocycles. The Morgan fingerprint density at radius 1 is 0.452 bits per heavy atom. The van der Waals surface area contributed by atoms with E-state index in [4.69, 9.17) is 0 Å². The molecule has 6 heteroatoms. The van der Waals surface area contributed by atoms with Crippen molar-refractivity contribution >= 4 is 51.5 Å². The van der Waals surface area contributed by atoms with Crippen LogP contribution in [-0.2, 0) is 9.59 Å². The molecule has 0 amide bonds. The number of aliphatic carboxylic acids is 2. The van der Waals surface area contributed by atoms with Gasteiger partial charge in [-0.25, -0.2) is 0 Å². The van der Waals surface area contributed by atoms with Crippen molar-refractivity contribution in [2.75, 3.05) is 0 Å². The predicted octanol–water partition coefficient (Wildman–Crippen LogP) is 9.93. The summed E-state index contributed by atoms with van der Waals surface area (Å²) in [5.41, 5.74) is -0.185. The van der Waals surface area contributed by atoms with Crippen LogP contribution >= 0.6 is 0 Å². The molecule has 0 aliphatic carbocycles. The van der Waals surface area contributed by atoms with Crippen LogP contribution in [0.2, 0.25) is 26.6 Å². The number of hydrogen-bond donors (Lipinski definition) is 0. The SMILES string of the molecule is CCCCCCCC/C(=C/C(=O)[O-])C(=O)[O-].CCC[CH2][Sn+]([CH2]CCC)[CH2]CCC.CCC[CH2][Sn+]([CH2]CCC)[CH2]CCC. The van der Waals surface area contributed by atoms with Crippen LogP contribution in [0.3, 0.4) is 0 Å². The van der Waals surface area contributed by atoms with Crippen molar-refractivity contribution < 1.29 is 19.8 Å². The average molecular weight is 806 g/mol. The molecule has 0 radical (unpaired) electrons. The summed E-state index contributed by atoms with van der Waals surface area (Å²) >= 11 is -1.68. The van der Waals surface area contributed by atoms with E-state index in [1.807, 2.05) is 0 Å². The Kier molecular flexibility index (Phi) is 43.7. The van der Waals surface area contributed by atoms with Gasteiger partial charge in [-0.2, -0.15) is 0 Å². The van der Waals surface area contributed by atoms with Crippen molar-refractivity contribution in [3.8, 4) is 0 Å². The van der Waals surface area contributed by atoms with Crippen molar-refractivity contribution in [1.29, 1.82) is 0 Å². The molecule has 0 fully saturated rings. The van der Waals surface area contributed by atoms with Crippen molar-refractivity contribution in [3.05, 3.63) is 11.6 Å². The number of rotatable bonds is 27. The van der Waals surface area contributed by atoms with E-state index in [1.54, 1.807) is 26.6 Å². The summed E-state index contributed by atoms with van der Waals surface area (Å²) in [5, 5.41) is 20.7. The second-order valence-corrected chi connectivity index (χ2v) is 29.0. The van der Waals surface area contributed by atoms with E-state index in [1.165, 1.54) is 83.5 Å². The third kappa shape index (κ3) is 38.3. The molecule has 0 bridgehead atoms. The van der Waals surface area contributed by atoms with E-state index in [0.29, 0.717) is 12.5 Å². The first-order chi connectivity index (χ1) is 20.3. The molecule has 0 atom stereocenters. The summed E-state index contributed by atoms with van der Waals surface area (Å²) in [6, 6.07) is 0. The minimum absolute atomic E-state index is 0.185. The van der Waals surface area contributed by atoms with Crippen LogP contribution in [0.5, 0.6) is 0 Å². The van der Waals surface area contributed by atoms with Crippen LogP contribution < -0.4 is 10.2 Å². The van der Waals surface area contributed by atoms with Gasteiger partial charge in [0.1, 0.15) is 0 Å². The maximum absolute atomic E-state index is 10.5. The molecule has 0 saturated heterocycles. The number of carboxylic acid groups (broad SMARTS) is 2. The van der Waals surface area contributed by atoms with Crippen molar-refractivity contribution in [2.45, 2.75) is 197 Å². The number of unbranched alkanes of at least 4 members (excludes halogenated alkanes) is 11. The van der Waals surface area contributed by atoms with Gasteiger partial charge < -0.3 is 19.8 Å². The van der Waals surface area contributed by atoms with Gasteiger partial charge in [-0.1, -0.05) is 39.0 Å². The molecule has 0 spiro atoms. The monoisotopic (exact) mass is 808 g/mol.